The molecule has 1 saturated heterocycles. The molecule has 31 heavy (non-hydrogen) atoms. The molecule has 6 heteroatoms. The van der Waals surface area contributed by atoms with Gasteiger partial charge in [0, 0.05) is 38.3 Å². The number of hydrazone groups is 1. The highest BCUT2D eigenvalue weighted by Crippen LogP contribution is 2.29. The molecule has 0 saturated carbocycles. The summed E-state index contributed by atoms with van der Waals surface area (Å²) in [6, 6.07) is 28.1. The molecule has 1 aliphatic rings. The van der Waals surface area contributed by atoms with Crippen LogP contribution >= 0.6 is 0 Å². The van der Waals surface area contributed by atoms with Crippen LogP contribution in [0.1, 0.15) is 29.7 Å². The minimum atomic E-state index is -0.384. The van der Waals surface area contributed by atoms with Gasteiger partial charge >= 0.3 is 0 Å². The molecule has 0 unspecified atom stereocenters. The third-order valence-corrected chi connectivity index (χ3v) is 5.67. The number of hydrogen-bond donors (Lipinski definition) is 0. The quantitative estimate of drug-likeness (QED) is 0.332. The van der Waals surface area contributed by atoms with Gasteiger partial charge in [-0.25, -0.2) is 0 Å². The Labute approximate surface area is 182 Å². The lowest BCUT2D eigenvalue weighted by atomic mass is 9.96. The first-order chi connectivity index (χ1) is 15.1. The van der Waals surface area contributed by atoms with Crippen LogP contribution in [0.5, 0.6) is 0 Å². The SMILES string of the molecule is CC(=NN1CCN(C(c2ccccc2)c2ccccc2)CC1)c1ccc([N+](=O)[O-])cc1. The molecule has 0 N–H and O–H groups in total. The lowest BCUT2D eigenvalue weighted by molar-refractivity contribution is -0.384. The van der Waals surface area contributed by atoms with Crippen molar-refractivity contribution >= 4 is 11.4 Å². The predicted octanol–water partition coefficient (Wildman–Crippen LogP) is 4.73. The third kappa shape index (κ3) is 4.98. The van der Waals surface area contributed by atoms with Gasteiger partial charge in [-0.3, -0.25) is 20.0 Å². The zero-order valence-corrected chi connectivity index (χ0v) is 17.6. The van der Waals surface area contributed by atoms with E-state index in [4.69, 9.17) is 5.10 Å². The van der Waals surface area contributed by atoms with Crippen molar-refractivity contribution in [3.8, 4) is 0 Å². The summed E-state index contributed by atoms with van der Waals surface area (Å²) in [6.07, 6.45) is 0. The normalized spacial score (nSPS) is 15.3. The van der Waals surface area contributed by atoms with Crippen molar-refractivity contribution in [2.45, 2.75) is 13.0 Å². The Morgan fingerprint density at radius 1 is 0.839 bits per heavy atom. The fraction of sp³-hybridized carbons (Fsp3) is 0.240. The van der Waals surface area contributed by atoms with E-state index in [1.807, 2.05) is 6.92 Å². The van der Waals surface area contributed by atoms with Crippen LogP contribution in [0.15, 0.2) is 90.0 Å². The summed E-state index contributed by atoms with van der Waals surface area (Å²) in [5.41, 5.74) is 4.46. The fourth-order valence-electron chi connectivity index (χ4n) is 4.05. The van der Waals surface area contributed by atoms with Gasteiger partial charge in [0.05, 0.1) is 16.7 Å². The number of non-ortho nitro benzene ring substituents is 1. The van der Waals surface area contributed by atoms with E-state index in [9.17, 15) is 10.1 Å². The molecule has 158 valence electrons. The number of nitro benzene ring substituents is 1. The van der Waals surface area contributed by atoms with E-state index in [-0.39, 0.29) is 16.7 Å². The standard InChI is InChI=1S/C25H26N4O2/c1-20(21-12-14-24(15-13-21)29(30)31)26-28-18-16-27(17-19-28)25(22-8-4-2-5-9-22)23-10-6-3-7-11-23/h2-15,25H,16-19H2,1H3. The molecule has 1 aliphatic heterocycles. The van der Waals surface area contributed by atoms with Gasteiger partial charge in [0.1, 0.15) is 0 Å². The molecule has 1 heterocycles. The number of piperazine rings is 1. The van der Waals surface area contributed by atoms with Gasteiger partial charge in [-0.15, -0.1) is 0 Å². The Bertz CT molecular complexity index is 989. The number of hydrogen-bond acceptors (Lipinski definition) is 5. The van der Waals surface area contributed by atoms with E-state index in [0.717, 1.165) is 37.5 Å². The number of benzene rings is 3. The Kier molecular flexibility index (Phi) is 6.38. The van der Waals surface area contributed by atoms with E-state index >= 15 is 0 Å². The zero-order chi connectivity index (χ0) is 21.6. The summed E-state index contributed by atoms with van der Waals surface area (Å²) in [6.45, 7) is 5.43. The van der Waals surface area contributed by atoms with Crippen molar-refractivity contribution in [2.75, 3.05) is 26.2 Å². The molecule has 3 aromatic rings. The maximum atomic E-state index is 10.9. The fourth-order valence-corrected chi connectivity index (χ4v) is 4.05. The Morgan fingerprint density at radius 3 is 1.84 bits per heavy atom. The lowest BCUT2D eigenvalue weighted by Gasteiger charge is -2.39. The summed E-state index contributed by atoms with van der Waals surface area (Å²) in [5, 5.41) is 17.7. The van der Waals surface area contributed by atoms with E-state index in [2.05, 4.69) is 70.6 Å². The largest absolute Gasteiger partial charge is 0.294 e. The molecule has 0 spiro atoms. The Hall–Kier alpha value is -3.51. The minimum Gasteiger partial charge on any atom is -0.294 e. The Morgan fingerprint density at radius 2 is 1.35 bits per heavy atom. The second-order valence-corrected chi connectivity index (χ2v) is 7.70. The van der Waals surface area contributed by atoms with Crippen LogP contribution in [0.25, 0.3) is 0 Å². The predicted molar refractivity (Wildman–Crippen MR) is 123 cm³/mol. The van der Waals surface area contributed by atoms with Crippen molar-refractivity contribution in [3.63, 3.8) is 0 Å². The molecule has 1 fully saturated rings. The number of rotatable bonds is 6. The molecular weight excluding hydrogens is 388 g/mol. The van der Waals surface area contributed by atoms with E-state index in [0.29, 0.717) is 0 Å². The molecule has 0 radical (unpaired) electrons. The van der Waals surface area contributed by atoms with E-state index in [1.54, 1.807) is 12.1 Å². The summed E-state index contributed by atoms with van der Waals surface area (Å²) < 4.78 is 0. The van der Waals surface area contributed by atoms with Crippen LogP contribution < -0.4 is 0 Å². The van der Waals surface area contributed by atoms with Gasteiger partial charge < -0.3 is 0 Å². The zero-order valence-electron chi connectivity index (χ0n) is 17.6. The first-order valence-corrected chi connectivity index (χ1v) is 10.5. The molecule has 0 aliphatic carbocycles. The van der Waals surface area contributed by atoms with Crippen LogP contribution in [0.3, 0.4) is 0 Å². The summed E-state index contributed by atoms with van der Waals surface area (Å²) in [4.78, 5) is 13.0. The first-order valence-electron chi connectivity index (χ1n) is 10.5. The van der Waals surface area contributed by atoms with Crippen molar-refractivity contribution in [1.82, 2.24) is 9.91 Å². The monoisotopic (exact) mass is 414 g/mol. The van der Waals surface area contributed by atoms with Crippen LogP contribution in [0.2, 0.25) is 0 Å². The second kappa shape index (κ2) is 9.53. The average molecular weight is 415 g/mol. The van der Waals surface area contributed by atoms with Gasteiger partial charge in [-0.1, -0.05) is 60.7 Å². The van der Waals surface area contributed by atoms with Crippen LogP contribution in [-0.4, -0.2) is 46.7 Å². The maximum absolute atomic E-state index is 10.9. The average Bonchev–Trinajstić information content (AvgIpc) is 2.82. The highest BCUT2D eigenvalue weighted by atomic mass is 16.6. The minimum absolute atomic E-state index is 0.0954. The highest BCUT2D eigenvalue weighted by Gasteiger charge is 2.26. The Balaban J connectivity index is 1.46. The second-order valence-electron chi connectivity index (χ2n) is 7.70. The van der Waals surface area contributed by atoms with Crippen molar-refractivity contribution < 1.29 is 4.92 Å². The molecule has 6 nitrogen and oxygen atoms in total. The molecule has 4 rings (SSSR count). The van der Waals surface area contributed by atoms with Crippen molar-refractivity contribution in [2.24, 2.45) is 5.10 Å². The van der Waals surface area contributed by atoms with Gasteiger partial charge in [-0.2, -0.15) is 5.10 Å². The molecule has 0 atom stereocenters. The molecule has 0 amide bonds. The van der Waals surface area contributed by atoms with Gasteiger partial charge in [0.2, 0.25) is 0 Å². The van der Waals surface area contributed by atoms with E-state index in [1.165, 1.54) is 23.3 Å². The summed E-state index contributed by atoms with van der Waals surface area (Å²) in [7, 11) is 0. The van der Waals surface area contributed by atoms with Gasteiger partial charge in [0.15, 0.2) is 0 Å². The van der Waals surface area contributed by atoms with Gasteiger partial charge in [0.25, 0.3) is 5.69 Å². The molecule has 3 aromatic carbocycles. The lowest BCUT2D eigenvalue weighted by Crippen LogP contribution is -2.46. The molecule has 0 bridgehead atoms. The highest BCUT2D eigenvalue weighted by molar-refractivity contribution is 5.98. The summed E-state index contributed by atoms with van der Waals surface area (Å²) in [5.74, 6) is 0. The van der Waals surface area contributed by atoms with Gasteiger partial charge in [-0.05, 0) is 35.7 Å². The maximum Gasteiger partial charge on any atom is 0.269 e. The molecular formula is C25H26N4O2. The first kappa shape index (κ1) is 20.8. The van der Waals surface area contributed by atoms with Crippen LogP contribution in [0, 0.1) is 10.1 Å². The van der Waals surface area contributed by atoms with E-state index < -0.39 is 0 Å². The topological polar surface area (TPSA) is 62.0 Å². The van der Waals surface area contributed by atoms with Crippen LogP contribution in [-0.2, 0) is 0 Å². The summed E-state index contributed by atoms with van der Waals surface area (Å²) >= 11 is 0. The third-order valence-electron chi connectivity index (χ3n) is 5.67. The van der Waals surface area contributed by atoms with Crippen molar-refractivity contribution in [1.29, 1.82) is 0 Å². The smallest absolute Gasteiger partial charge is 0.269 e. The van der Waals surface area contributed by atoms with Crippen molar-refractivity contribution in [3.05, 3.63) is 112 Å². The number of nitro groups is 1. The van der Waals surface area contributed by atoms with Crippen LogP contribution in [0.4, 0.5) is 5.69 Å². The number of nitrogens with zero attached hydrogens (tertiary/aromatic N) is 4. The molecule has 0 aromatic heterocycles.